The van der Waals surface area contributed by atoms with Gasteiger partial charge in [-0.15, -0.1) is 11.3 Å². The summed E-state index contributed by atoms with van der Waals surface area (Å²) in [7, 11) is 0. The standard InChI is InChI=1S/C26H20N2O2S/c1-16-7-10-21(17(2)11-16)22-14-31-25-24(22)26(30)28(15-27-25)13-23(29)20-9-8-18-5-3-4-6-19(18)12-20/h3-12,14-15H,13H2,1-2H3. The summed E-state index contributed by atoms with van der Waals surface area (Å²) in [6.45, 7) is 4.06. The first-order valence-corrected chi connectivity index (χ1v) is 11.0. The molecule has 3 aromatic carbocycles. The number of carbonyl (C=O) groups is 1. The molecule has 5 aromatic rings. The normalized spacial score (nSPS) is 11.3. The zero-order valence-corrected chi connectivity index (χ0v) is 18.1. The first-order chi connectivity index (χ1) is 15.0. The molecule has 0 aliphatic heterocycles. The maximum Gasteiger partial charge on any atom is 0.263 e. The van der Waals surface area contributed by atoms with Crippen molar-refractivity contribution in [3.05, 3.63) is 99.4 Å². The molecule has 0 fully saturated rings. The average Bonchev–Trinajstić information content (AvgIpc) is 3.20. The van der Waals surface area contributed by atoms with Gasteiger partial charge in [0.05, 0.1) is 18.3 Å². The lowest BCUT2D eigenvalue weighted by atomic mass is 9.99. The zero-order valence-electron chi connectivity index (χ0n) is 17.3. The van der Waals surface area contributed by atoms with Gasteiger partial charge in [0.2, 0.25) is 0 Å². The molecule has 0 aliphatic carbocycles. The second kappa shape index (κ2) is 7.60. The van der Waals surface area contributed by atoms with Crippen LogP contribution in [0.15, 0.2) is 77.2 Å². The van der Waals surface area contributed by atoms with Gasteiger partial charge in [-0.2, -0.15) is 0 Å². The van der Waals surface area contributed by atoms with E-state index in [1.165, 1.54) is 27.8 Å². The number of hydrogen-bond acceptors (Lipinski definition) is 4. The number of Topliss-reactive ketones (excluding diaryl/α,β-unsaturated/α-hetero) is 1. The predicted molar refractivity (Wildman–Crippen MR) is 127 cm³/mol. The fraction of sp³-hybridized carbons (Fsp3) is 0.115. The molecular weight excluding hydrogens is 404 g/mol. The highest BCUT2D eigenvalue weighted by Gasteiger charge is 2.16. The van der Waals surface area contributed by atoms with Crippen molar-refractivity contribution in [2.45, 2.75) is 20.4 Å². The summed E-state index contributed by atoms with van der Waals surface area (Å²) < 4.78 is 1.42. The van der Waals surface area contributed by atoms with Crippen molar-refractivity contribution < 1.29 is 4.79 Å². The number of ketones is 1. The second-order valence-electron chi connectivity index (χ2n) is 7.81. The fourth-order valence-corrected chi connectivity index (χ4v) is 4.90. The van der Waals surface area contributed by atoms with Gasteiger partial charge in [0.1, 0.15) is 4.83 Å². The topological polar surface area (TPSA) is 52.0 Å². The van der Waals surface area contributed by atoms with Crippen molar-refractivity contribution in [3.63, 3.8) is 0 Å². The van der Waals surface area contributed by atoms with Gasteiger partial charge in [0.15, 0.2) is 5.78 Å². The van der Waals surface area contributed by atoms with Crippen LogP contribution in [0.5, 0.6) is 0 Å². The number of hydrogen-bond donors (Lipinski definition) is 0. The van der Waals surface area contributed by atoms with Crippen molar-refractivity contribution in [2.24, 2.45) is 0 Å². The summed E-state index contributed by atoms with van der Waals surface area (Å²) >= 11 is 1.45. The Kier molecular flexibility index (Phi) is 4.75. The number of rotatable bonds is 4. The van der Waals surface area contributed by atoms with Gasteiger partial charge in [-0.25, -0.2) is 4.98 Å². The van der Waals surface area contributed by atoms with Crippen molar-refractivity contribution in [3.8, 4) is 11.1 Å². The molecule has 0 saturated carbocycles. The van der Waals surface area contributed by atoms with E-state index in [-0.39, 0.29) is 17.9 Å². The first kappa shape index (κ1) is 19.4. The van der Waals surface area contributed by atoms with Crippen molar-refractivity contribution in [2.75, 3.05) is 0 Å². The average molecular weight is 425 g/mol. The van der Waals surface area contributed by atoms with E-state index in [0.717, 1.165) is 27.5 Å². The van der Waals surface area contributed by atoms with Crippen LogP contribution in [0.25, 0.3) is 32.1 Å². The lowest BCUT2D eigenvalue weighted by Crippen LogP contribution is -2.24. The number of carbonyl (C=O) groups excluding carboxylic acids is 1. The number of aromatic nitrogens is 2. The number of nitrogens with zero attached hydrogens (tertiary/aromatic N) is 2. The Morgan fingerprint density at radius 3 is 2.58 bits per heavy atom. The summed E-state index contributed by atoms with van der Waals surface area (Å²) in [6.07, 6.45) is 1.48. The lowest BCUT2D eigenvalue weighted by Gasteiger charge is -2.08. The van der Waals surface area contributed by atoms with E-state index in [1.54, 1.807) is 0 Å². The highest BCUT2D eigenvalue weighted by Crippen LogP contribution is 2.33. The highest BCUT2D eigenvalue weighted by atomic mass is 32.1. The summed E-state index contributed by atoms with van der Waals surface area (Å²) in [5.41, 5.74) is 4.59. The Morgan fingerprint density at radius 2 is 1.77 bits per heavy atom. The third-order valence-electron chi connectivity index (χ3n) is 5.62. The molecular formula is C26H20N2O2S. The Labute approximate surface area is 183 Å². The minimum absolute atomic E-state index is 0.0394. The van der Waals surface area contributed by atoms with Crippen LogP contribution in [0, 0.1) is 13.8 Å². The maximum absolute atomic E-state index is 13.3. The summed E-state index contributed by atoms with van der Waals surface area (Å²) in [5, 5.41) is 4.64. The lowest BCUT2D eigenvalue weighted by molar-refractivity contribution is 0.0971. The van der Waals surface area contributed by atoms with Gasteiger partial charge in [-0.1, -0.05) is 60.2 Å². The number of benzene rings is 3. The molecule has 152 valence electrons. The predicted octanol–water partition coefficient (Wildman–Crippen LogP) is 5.78. The van der Waals surface area contributed by atoms with Gasteiger partial charge in [-0.05, 0) is 41.8 Å². The molecule has 0 amide bonds. The summed E-state index contributed by atoms with van der Waals surface area (Å²) in [4.78, 5) is 31.4. The number of aryl methyl sites for hydroxylation is 2. The van der Waals surface area contributed by atoms with E-state index < -0.39 is 0 Å². The molecule has 5 heteroatoms. The van der Waals surface area contributed by atoms with Crippen LogP contribution in [0.1, 0.15) is 21.5 Å². The van der Waals surface area contributed by atoms with Gasteiger partial charge in [-0.3, -0.25) is 14.2 Å². The van der Waals surface area contributed by atoms with Crippen molar-refractivity contribution >= 4 is 38.1 Å². The molecule has 0 bridgehead atoms. The molecule has 2 aromatic heterocycles. The quantitative estimate of drug-likeness (QED) is 0.344. The molecule has 0 aliphatic rings. The molecule has 0 N–H and O–H groups in total. The smallest absolute Gasteiger partial charge is 0.263 e. The zero-order chi connectivity index (χ0) is 21.5. The van der Waals surface area contributed by atoms with Crippen LogP contribution in [0.4, 0.5) is 0 Å². The van der Waals surface area contributed by atoms with Crippen LogP contribution >= 0.6 is 11.3 Å². The number of thiophene rings is 1. The minimum atomic E-state index is -0.185. The monoisotopic (exact) mass is 424 g/mol. The maximum atomic E-state index is 13.3. The molecule has 0 atom stereocenters. The summed E-state index contributed by atoms with van der Waals surface area (Å²) in [6, 6.07) is 19.7. The van der Waals surface area contributed by atoms with Crippen molar-refractivity contribution in [1.29, 1.82) is 0 Å². The molecule has 0 radical (unpaired) electrons. The van der Waals surface area contributed by atoms with E-state index >= 15 is 0 Å². The molecule has 4 nitrogen and oxygen atoms in total. The Bertz CT molecular complexity index is 1530. The van der Waals surface area contributed by atoms with Crippen molar-refractivity contribution in [1.82, 2.24) is 9.55 Å². The number of fused-ring (bicyclic) bond motifs is 2. The molecule has 2 heterocycles. The van der Waals surface area contributed by atoms with E-state index in [9.17, 15) is 9.59 Å². The van der Waals surface area contributed by atoms with E-state index in [2.05, 4.69) is 18.0 Å². The highest BCUT2D eigenvalue weighted by molar-refractivity contribution is 7.17. The molecule has 0 saturated heterocycles. The molecule has 5 rings (SSSR count). The third-order valence-corrected chi connectivity index (χ3v) is 6.50. The first-order valence-electron chi connectivity index (χ1n) is 10.1. The second-order valence-corrected chi connectivity index (χ2v) is 8.67. The van der Waals surface area contributed by atoms with Crippen LogP contribution in [0.3, 0.4) is 0 Å². The Balaban J connectivity index is 1.55. The Morgan fingerprint density at radius 1 is 0.968 bits per heavy atom. The van der Waals surface area contributed by atoms with Gasteiger partial charge in [0.25, 0.3) is 5.56 Å². The Hall–Kier alpha value is -3.57. The van der Waals surface area contributed by atoms with Gasteiger partial charge < -0.3 is 0 Å². The van der Waals surface area contributed by atoms with Gasteiger partial charge in [0, 0.05) is 16.5 Å². The largest absolute Gasteiger partial charge is 0.292 e. The van der Waals surface area contributed by atoms with Crippen LogP contribution in [-0.2, 0) is 6.54 Å². The van der Waals surface area contributed by atoms with Crippen LogP contribution < -0.4 is 5.56 Å². The van der Waals surface area contributed by atoms with Gasteiger partial charge >= 0.3 is 0 Å². The molecule has 31 heavy (non-hydrogen) atoms. The van der Waals surface area contributed by atoms with E-state index in [1.807, 2.05) is 66.9 Å². The van der Waals surface area contributed by atoms with E-state index in [4.69, 9.17) is 0 Å². The van der Waals surface area contributed by atoms with Crippen LogP contribution in [-0.4, -0.2) is 15.3 Å². The van der Waals surface area contributed by atoms with Crippen LogP contribution in [0.2, 0.25) is 0 Å². The van der Waals surface area contributed by atoms with E-state index in [0.29, 0.717) is 15.8 Å². The SMILES string of the molecule is Cc1ccc(-c2csc3ncn(CC(=O)c4ccc5ccccc5c4)c(=O)c23)c(C)c1. The minimum Gasteiger partial charge on any atom is -0.292 e. The fourth-order valence-electron chi connectivity index (χ4n) is 4.00. The summed E-state index contributed by atoms with van der Waals surface area (Å²) in [5.74, 6) is -0.114. The molecule has 0 spiro atoms. The third kappa shape index (κ3) is 3.47. The molecule has 0 unspecified atom stereocenters.